The molecule has 116 valence electrons. The van der Waals surface area contributed by atoms with Crippen LogP contribution < -0.4 is 0 Å². The first-order chi connectivity index (χ1) is 10.6. The van der Waals surface area contributed by atoms with Crippen LogP contribution in [0.5, 0.6) is 0 Å². The molecule has 0 radical (unpaired) electrons. The maximum Gasteiger partial charge on any atom is 0.275 e. The third-order valence-corrected chi connectivity index (χ3v) is 4.66. The van der Waals surface area contributed by atoms with E-state index in [1.54, 1.807) is 6.07 Å². The number of rotatable bonds is 5. The van der Waals surface area contributed by atoms with Crippen LogP contribution in [0.4, 0.5) is 0 Å². The van der Waals surface area contributed by atoms with Gasteiger partial charge in [0.2, 0.25) is 0 Å². The molecular weight excluding hydrogens is 278 g/mol. The third kappa shape index (κ3) is 2.56. The number of aromatic nitrogens is 2. The Morgan fingerprint density at radius 3 is 2.82 bits per heavy atom. The number of hydrogen-bond donors (Lipinski definition) is 1. The monoisotopic (exact) mass is 299 g/mol. The molecule has 2 heterocycles. The number of nitrogens with one attached hydrogen (secondary N) is 1. The fourth-order valence-electron chi connectivity index (χ4n) is 2.99. The average molecular weight is 299 g/mol. The molecule has 5 nitrogen and oxygen atoms in total. The number of aromatic amines is 1. The standard InChI is InChI=1S/C17H21N3O2/c1-10-7-14(10)16-6-5-13(22-16)9-20(12-3-4-12)17(21)15-8-11(2)18-19-15/h5-6,8,10,12,14H,3-4,7,9H2,1-2H3,(H,18,19)/t10-,14-/m0/s1. The number of carbonyl (C=O) groups is 1. The molecule has 5 heteroatoms. The number of furan rings is 1. The first-order valence-corrected chi connectivity index (χ1v) is 8.03. The van der Waals surface area contributed by atoms with Crippen LogP contribution in [0.3, 0.4) is 0 Å². The second-order valence-corrected chi connectivity index (χ2v) is 6.72. The molecular formula is C17H21N3O2. The Kier molecular flexibility index (Phi) is 3.10. The Bertz CT molecular complexity index is 698. The SMILES string of the molecule is Cc1cc(C(=O)N(Cc2ccc([C@H]3C[C@@H]3C)o2)C2CC2)n[nH]1. The lowest BCUT2D eigenvalue weighted by Gasteiger charge is -2.20. The lowest BCUT2D eigenvalue weighted by Crippen LogP contribution is -2.32. The molecule has 2 aliphatic rings. The van der Waals surface area contributed by atoms with Crippen LogP contribution in [0.2, 0.25) is 0 Å². The number of hydrogen-bond acceptors (Lipinski definition) is 3. The lowest BCUT2D eigenvalue weighted by molar-refractivity contribution is 0.0710. The van der Waals surface area contributed by atoms with Crippen LogP contribution in [-0.2, 0) is 6.54 Å². The van der Waals surface area contributed by atoms with Crippen molar-refractivity contribution in [3.63, 3.8) is 0 Å². The number of aryl methyl sites for hydroxylation is 1. The summed E-state index contributed by atoms with van der Waals surface area (Å²) in [5, 5.41) is 6.93. The van der Waals surface area contributed by atoms with E-state index in [0.717, 1.165) is 36.0 Å². The topological polar surface area (TPSA) is 62.1 Å². The van der Waals surface area contributed by atoms with Gasteiger partial charge in [-0.2, -0.15) is 5.10 Å². The summed E-state index contributed by atoms with van der Waals surface area (Å²) in [6.45, 7) is 4.68. The Morgan fingerprint density at radius 2 is 2.23 bits per heavy atom. The van der Waals surface area contributed by atoms with Gasteiger partial charge in [0.05, 0.1) is 6.54 Å². The minimum atomic E-state index is -0.00964. The van der Waals surface area contributed by atoms with E-state index < -0.39 is 0 Å². The van der Waals surface area contributed by atoms with Gasteiger partial charge in [-0.25, -0.2) is 0 Å². The van der Waals surface area contributed by atoms with E-state index in [4.69, 9.17) is 4.42 Å². The molecule has 1 N–H and O–H groups in total. The second-order valence-electron chi connectivity index (χ2n) is 6.72. The van der Waals surface area contributed by atoms with E-state index in [1.807, 2.05) is 17.9 Å². The number of carbonyl (C=O) groups excluding carboxylic acids is 1. The first kappa shape index (κ1) is 13.6. The van der Waals surface area contributed by atoms with Gasteiger partial charge in [0.1, 0.15) is 17.2 Å². The summed E-state index contributed by atoms with van der Waals surface area (Å²) < 4.78 is 5.96. The molecule has 0 saturated heterocycles. The van der Waals surface area contributed by atoms with Gasteiger partial charge >= 0.3 is 0 Å². The molecule has 1 amide bonds. The zero-order valence-corrected chi connectivity index (χ0v) is 13.0. The molecule has 2 aromatic heterocycles. The molecule has 0 aromatic carbocycles. The van der Waals surface area contributed by atoms with Crippen LogP contribution in [-0.4, -0.2) is 27.0 Å². The molecule has 2 saturated carbocycles. The molecule has 0 bridgehead atoms. The Balaban J connectivity index is 1.50. The summed E-state index contributed by atoms with van der Waals surface area (Å²) in [6.07, 6.45) is 3.36. The molecule has 0 spiro atoms. The summed E-state index contributed by atoms with van der Waals surface area (Å²) in [5.74, 6) is 3.24. The summed E-state index contributed by atoms with van der Waals surface area (Å²) >= 11 is 0. The molecule has 0 aliphatic heterocycles. The van der Waals surface area contributed by atoms with Gasteiger partial charge in [-0.1, -0.05) is 6.92 Å². The van der Waals surface area contributed by atoms with Crippen molar-refractivity contribution in [1.82, 2.24) is 15.1 Å². The zero-order valence-electron chi connectivity index (χ0n) is 13.0. The molecule has 22 heavy (non-hydrogen) atoms. The van der Waals surface area contributed by atoms with Gasteiger partial charge < -0.3 is 9.32 Å². The van der Waals surface area contributed by atoms with Gasteiger partial charge in [0.15, 0.2) is 0 Å². The predicted molar refractivity (Wildman–Crippen MR) is 81.5 cm³/mol. The van der Waals surface area contributed by atoms with Gasteiger partial charge in [-0.3, -0.25) is 9.89 Å². The predicted octanol–water partition coefficient (Wildman–Crippen LogP) is 3.24. The van der Waals surface area contributed by atoms with E-state index in [-0.39, 0.29) is 5.91 Å². The summed E-state index contributed by atoms with van der Waals surface area (Å²) in [7, 11) is 0. The van der Waals surface area contributed by atoms with Crippen molar-refractivity contribution in [2.24, 2.45) is 5.92 Å². The van der Waals surface area contributed by atoms with E-state index in [0.29, 0.717) is 24.2 Å². The largest absolute Gasteiger partial charge is 0.464 e. The number of amides is 1. The van der Waals surface area contributed by atoms with Crippen molar-refractivity contribution >= 4 is 5.91 Å². The van der Waals surface area contributed by atoms with Crippen LogP contribution in [0, 0.1) is 12.8 Å². The molecule has 2 aliphatic carbocycles. The highest BCUT2D eigenvalue weighted by Gasteiger charge is 2.38. The Labute approximate surface area is 129 Å². The first-order valence-electron chi connectivity index (χ1n) is 8.03. The maximum absolute atomic E-state index is 12.7. The van der Waals surface area contributed by atoms with Gasteiger partial charge in [-0.05, 0) is 50.3 Å². The Hall–Kier alpha value is -2.04. The van der Waals surface area contributed by atoms with E-state index in [1.165, 1.54) is 6.42 Å². The van der Waals surface area contributed by atoms with E-state index in [9.17, 15) is 4.79 Å². The smallest absolute Gasteiger partial charge is 0.275 e. The normalized spacial score (nSPS) is 23.5. The van der Waals surface area contributed by atoms with Crippen LogP contribution in [0.15, 0.2) is 22.6 Å². The van der Waals surface area contributed by atoms with Crippen LogP contribution >= 0.6 is 0 Å². The van der Waals surface area contributed by atoms with E-state index in [2.05, 4.69) is 23.2 Å². The van der Waals surface area contributed by atoms with Crippen molar-refractivity contribution in [1.29, 1.82) is 0 Å². The number of nitrogens with zero attached hydrogens (tertiary/aromatic N) is 2. The highest BCUT2D eigenvalue weighted by atomic mass is 16.3. The van der Waals surface area contributed by atoms with E-state index >= 15 is 0 Å². The van der Waals surface area contributed by atoms with Crippen molar-refractivity contribution in [3.8, 4) is 0 Å². The minimum absolute atomic E-state index is 0.00964. The van der Waals surface area contributed by atoms with Crippen molar-refractivity contribution in [3.05, 3.63) is 41.1 Å². The third-order valence-electron chi connectivity index (χ3n) is 4.66. The van der Waals surface area contributed by atoms with Gasteiger partial charge in [0, 0.05) is 17.7 Å². The Morgan fingerprint density at radius 1 is 1.45 bits per heavy atom. The fraction of sp³-hybridized carbons (Fsp3) is 0.529. The summed E-state index contributed by atoms with van der Waals surface area (Å²) in [6, 6.07) is 6.21. The zero-order chi connectivity index (χ0) is 15.3. The molecule has 2 fully saturated rings. The van der Waals surface area contributed by atoms with Crippen molar-refractivity contribution < 1.29 is 9.21 Å². The second kappa shape index (κ2) is 5.00. The van der Waals surface area contributed by atoms with Crippen LogP contribution in [0.1, 0.15) is 59.8 Å². The highest BCUT2D eigenvalue weighted by molar-refractivity contribution is 5.92. The molecule has 2 atom stereocenters. The quantitative estimate of drug-likeness (QED) is 0.922. The highest BCUT2D eigenvalue weighted by Crippen LogP contribution is 2.47. The molecule has 0 unspecified atom stereocenters. The van der Waals surface area contributed by atoms with Crippen LogP contribution in [0.25, 0.3) is 0 Å². The van der Waals surface area contributed by atoms with Crippen molar-refractivity contribution in [2.75, 3.05) is 0 Å². The fourth-order valence-corrected chi connectivity index (χ4v) is 2.99. The average Bonchev–Trinajstić information content (AvgIpc) is 3.37. The molecule has 4 rings (SSSR count). The summed E-state index contributed by atoms with van der Waals surface area (Å²) in [5.41, 5.74) is 1.40. The maximum atomic E-state index is 12.7. The number of H-pyrrole nitrogens is 1. The van der Waals surface area contributed by atoms with Gasteiger partial charge in [-0.15, -0.1) is 0 Å². The lowest BCUT2D eigenvalue weighted by atomic mass is 10.2. The summed E-state index contributed by atoms with van der Waals surface area (Å²) in [4.78, 5) is 14.5. The minimum Gasteiger partial charge on any atom is -0.464 e. The molecule has 2 aromatic rings. The van der Waals surface area contributed by atoms with Crippen molar-refractivity contribution in [2.45, 2.75) is 51.6 Å². The van der Waals surface area contributed by atoms with Gasteiger partial charge in [0.25, 0.3) is 5.91 Å².